The summed E-state index contributed by atoms with van der Waals surface area (Å²) in [6.45, 7) is 9.69. The number of thiocyanates is 1. The number of hydrogen-bond donors (Lipinski definition) is 1. The number of ether oxygens (including phenoxy) is 1. The van der Waals surface area contributed by atoms with Crippen LogP contribution in [0.3, 0.4) is 0 Å². The van der Waals surface area contributed by atoms with E-state index >= 15 is 0 Å². The molecule has 0 aromatic carbocycles. The molecular formula is C14H25BN2OS. The van der Waals surface area contributed by atoms with E-state index in [2.05, 4.69) is 36.4 Å². The zero-order chi connectivity index (χ0) is 14.7. The second kappa shape index (κ2) is 10.2. The second-order valence-corrected chi connectivity index (χ2v) is 6.55. The van der Waals surface area contributed by atoms with E-state index in [1.54, 1.807) is 0 Å². The molecule has 0 rings (SSSR count). The predicted octanol–water partition coefficient (Wildman–Crippen LogP) is 1.94. The topological polar surface area (TPSA) is 45.0 Å². The highest BCUT2D eigenvalue weighted by Gasteiger charge is 2.25. The summed E-state index contributed by atoms with van der Waals surface area (Å²) in [7, 11) is 1.97. The number of rotatable bonds is 8. The normalized spacial score (nSPS) is 13.7. The molecule has 106 valence electrons. The van der Waals surface area contributed by atoms with Gasteiger partial charge in [0.2, 0.25) is 0 Å². The largest absolute Gasteiger partial charge is 0.360 e. The Bertz CT molecular complexity index is 344. The second-order valence-electron chi connectivity index (χ2n) is 5.30. The fourth-order valence-corrected chi connectivity index (χ4v) is 2.04. The van der Waals surface area contributed by atoms with Gasteiger partial charge in [-0.1, -0.05) is 39.5 Å². The molecule has 1 N–H and O–H groups in total. The van der Waals surface area contributed by atoms with E-state index in [0.717, 1.165) is 19.4 Å². The molecule has 0 amide bonds. The molecule has 3 nitrogen and oxygen atoms in total. The maximum atomic E-state index is 8.87. The van der Waals surface area contributed by atoms with Crippen LogP contribution in [0.1, 0.15) is 40.5 Å². The smallest absolute Gasteiger partial charge is 0.158 e. The molecule has 0 aromatic rings. The first-order chi connectivity index (χ1) is 8.89. The third kappa shape index (κ3) is 11.0. The number of hydrogen-bond acceptors (Lipinski definition) is 4. The van der Waals surface area contributed by atoms with Crippen molar-refractivity contribution < 1.29 is 4.74 Å². The summed E-state index contributed by atoms with van der Waals surface area (Å²) in [6, 6.07) is 0.493. The van der Waals surface area contributed by atoms with Crippen LogP contribution in [0.25, 0.3) is 0 Å². The monoisotopic (exact) mass is 280 g/mol. The standard InChI is InChI=1S/C14H25BN2OS/c1-12(2)7-5-10-18-14(15,19-11-16)8-6-9-17-13(3)4/h12-13,17H,6,8-10,15H2,1-4H3. The highest BCUT2D eigenvalue weighted by Crippen LogP contribution is 2.27. The first kappa shape index (κ1) is 18.4. The van der Waals surface area contributed by atoms with Crippen LogP contribution in [0, 0.1) is 28.4 Å². The van der Waals surface area contributed by atoms with Crippen LogP contribution in [-0.2, 0) is 4.74 Å². The zero-order valence-corrected chi connectivity index (χ0v) is 13.6. The van der Waals surface area contributed by atoms with Crippen molar-refractivity contribution in [2.75, 3.05) is 13.2 Å². The van der Waals surface area contributed by atoms with Gasteiger partial charge in [-0.25, -0.2) is 0 Å². The van der Waals surface area contributed by atoms with E-state index in [0.29, 0.717) is 18.6 Å². The van der Waals surface area contributed by atoms with Crippen LogP contribution in [-0.4, -0.2) is 31.9 Å². The minimum absolute atomic E-state index is 0.355. The first-order valence-electron chi connectivity index (χ1n) is 6.82. The van der Waals surface area contributed by atoms with Crippen LogP contribution in [0.5, 0.6) is 0 Å². The Balaban J connectivity index is 4.12. The Hall–Kier alpha value is -0.615. The van der Waals surface area contributed by atoms with Gasteiger partial charge in [-0.3, -0.25) is 0 Å². The van der Waals surface area contributed by atoms with Gasteiger partial charge in [0, 0.05) is 12.0 Å². The van der Waals surface area contributed by atoms with Crippen molar-refractivity contribution in [2.24, 2.45) is 5.92 Å². The van der Waals surface area contributed by atoms with Crippen molar-refractivity contribution in [3.63, 3.8) is 0 Å². The van der Waals surface area contributed by atoms with E-state index in [-0.39, 0.29) is 0 Å². The fourth-order valence-electron chi connectivity index (χ4n) is 1.48. The molecule has 5 heteroatoms. The lowest BCUT2D eigenvalue weighted by Gasteiger charge is -2.25. The molecular weight excluding hydrogens is 255 g/mol. The van der Waals surface area contributed by atoms with Gasteiger partial charge in [0.25, 0.3) is 0 Å². The molecule has 0 fully saturated rings. The lowest BCUT2D eigenvalue weighted by molar-refractivity contribution is 0.103. The molecule has 0 aromatic heterocycles. The number of nitrogens with zero attached hydrogens (tertiary/aromatic N) is 1. The molecule has 0 aliphatic heterocycles. The Morgan fingerprint density at radius 2 is 2.05 bits per heavy atom. The Labute approximate surface area is 123 Å². The molecule has 0 radical (unpaired) electrons. The molecule has 0 aliphatic carbocycles. The van der Waals surface area contributed by atoms with Crippen LogP contribution in [0.2, 0.25) is 0 Å². The number of nitriles is 1. The molecule has 0 bridgehead atoms. The summed E-state index contributed by atoms with van der Waals surface area (Å²) >= 11 is 1.18. The van der Waals surface area contributed by atoms with Crippen LogP contribution < -0.4 is 5.32 Å². The van der Waals surface area contributed by atoms with Gasteiger partial charge in [-0.15, -0.1) is 0 Å². The van der Waals surface area contributed by atoms with Crippen molar-refractivity contribution >= 4 is 19.6 Å². The predicted molar refractivity (Wildman–Crippen MR) is 85.4 cm³/mol. The molecule has 1 unspecified atom stereocenters. The first-order valence-corrected chi connectivity index (χ1v) is 7.64. The molecule has 1 atom stereocenters. The van der Waals surface area contributed by atoms with Gasteiger partial charge < -0.3 is 10.1 Å². The SMILES string of the molecule is BC(CCCNC(C)C)(OCC#CC(C)C)SC#N. The summed E-state index contributed by atoms with van der Waals surface area (Å²) in [5, 5.41) is 14.4. The minimum Gasteiger partial charge on any atom is -0.360 e. The Kier molecular flexibility index (Phi) is 9.88. The van der Waals surface area contributed by atoms with Crippen LogP contribution >= 0.6 is 11.8 Å². The van der Waals surface area contributed by atoms with Gasteiger partial charge in [-0.05, 0) is 31.1 Å². The van der Waals surface area contributed by atoms with Gasteiger partial charge in [0.1, 0.15) is 12.0 Å². The average Bonchev–Trinajstić information content (AvgIpc) is 2.31. The van der Waals surface area contributed by atoms with E-state index < -0.39 is 4.83 Å². The highest BCUT2D eigenvalue weighted by molar-refractivity contribution is 8.05. The van der Waals surface area contributed by atoms with Crippen molar-refractivity contribution in [3.05, 3.63) is 0 Å². The maximum absolute atomic E-state index is 8.87. The van der Waals surface area contributed by atoms with Gasteiger partial charge in [0.15, 0.2) is 7.85 Å². The Morgan fingerprint density at radius 1 is 1.37 bits per heavy atom. The van der Waals surface area contributed by atoms with Crippen molar-refractivity contribution in [2.45, 2.75) is 51.4 Å². The number of nitrogens with one attached hydrogen (secondary N) is 1. The molecule has 0 spiro atoms. The third-order valence-corrected chi connectivity index (χ3v) is 3.31. The van der Waals surface area contributed by atoms with Gasteiger partial charge >= 0.3 is 0 Å². The fraction of sp³-hybridized carbons (Fsp3) is 0.786. The van der Waals surface area contributed by atoms with Gasteiger partial charge in [0.05, 0.1) is 4.83 Å². The summed E-state index contributed by atoms with van der Waals surface area (Å²) in [5.74, 6) is 6.42. The van der Waals surface area contributed by atoms with Crippen molar-refractivity contribution in [1.29, 1.82) is 5.26 Å². The van der Waals surface area contributed by atoms with Crippen molar-refractivity contribution in [3.8, 4) is 17.2 Å². The summed E-state index contributed by atoms with van der Waals surface area (Å²) < 4.78 is 5.77. The van der Waals surface area contributed by atoms with Crippen LogP contribution in [0.15, 0.2) is 0 Å². The Morgan fingerprint density at radius 3 is 2.58 bits per heavy atom. The lowest BCUT2D eigenvalue weighted by atomic mass is 9.93. The van der Waals surface area contributed by atoms with E-state index in [1.807, 2.05) is 21.7 Å². The van der Waals surface area contributed by atoms with Crippen LogP contribution in [0.4, 0.5) is 0 Å². The van der Waals surface area contributed by atoms with E-state index in [9.17, 15) is 0 Å². The van der Waals surface area contributed by atoms with Gasteiger partial charge in [-0.2, -0.15) is 5.26 Å². The van der Waals surface area contributed by atoms with Crippen molar-refractivity contribution in [1.82, 2.24) is 5.32 Å². The zero-order valence-electron chi connectivity index (χ0n) is 12.7. The van der Waals surface area contributed by atoms with E-state index in [4.69, 9.17) is 10.00 Å². The molecule has 19 heavy (non-hydrogen) atoms. The number of thioether (sulfide) groups is 1. The minimum atomic E-state index is -0.459. The summed E-state index contributed by atoms with van der Waals surface area (Å²) in [4.78, 5) is -0.459. The molecule has 0 saturated carbocycles. The summed E-state index contributed by atoms with van der Waals surface area (Å²) in [5.41, 5.74) is 0. The molecule has 0 aliphatic rings. The summed E-state index contributed by atoms with van der Waals surface area (Å²) in [6.07, 6.45) is 1.83. The maximum Gasteiger partial charge on any atom is 0.158 e. The highest BCUT2D eigenvalue weighted by atomic mass is 32.2. The molecule has 0 saturated heterocycles. The molecule has 0 heterocycles. The average molecular weight is 280 g/mol. The third-order valence-electron chi connectivity index (χ3n) is 2.46. The quantitative estimate of drug-likeness (QED) is 0.243. The van der Waals surface area contributed by atoms with E-state index in [1.165, 1.54) is 11.8 Å². The lowest BCUT2D eigenvalue weighted by Crippen LogP contribution is -2.31.